The molecule has 2 bridgehead atoms. The van der Waals surface area contributed by atoms with Crippen LogP contribution in [0.2, 0.25) is 0 Å². The molecule has 5 saturated heterocycles. The molecule has 528 valence electrons. The molecule has 6 aliphatic heterocycles. The van der Waals surface area contributed by atoms with Crippen molar-refractivity contribution in [3.8, 4) is 17.3 Å². The lowest BCUT2D eigenvalue weighted by molar-refractivity contribution is -0.139. The first-order chi connectivity index (χ1) is 47.3. The van der Waals surface area contributed by atoms with Gasteiger partial charge in [0.05, 0.1) is 38.4 Å². The minimum atomic E-state index is -3.18. The zero-order valence-corrected chi connectivity index (χ0v) is 58.1. The average molecular weight is 1470 g/mol. The van der Waals surface area contributed by atoms with E-state index in [0.717, 1.165) is 93.7 Å². The third kappa shape index (κ3) is 20.3. The summed E-state index contributed by atoms with van der Waals surface area (Å²) in [4.78, 5) is 119. The van der Waals surface area contributed by atoms with Gasteiger partial charge in [0.1, 0.15) is 30.6 Å². The van der Waals surface area contributed by atoms with E-state index in [1.807, 2.05) is 39.1 Å². The number of rotatable bonds is 30. The highest BCUT2D eigenvalue weighted by Crippen LogP contribution is 2.36. The van der Waals surface area contributed by atoms with Gasteiger partial charge in [0.2, 0.25) is 35.4 Å². The molecule has 1 aromatic heterocycles. The molecule has 3 aromatic carbocycles. The van der Waals surface area contributed by atoms with Crippen molar-refractivity contribution < 1.29 is 57.0 Å². The fourth-order valence-corrected chi connectivity index (χ4v) is 14.9. The zero-order valence-electron chi connectivity index (χ0n) is 55.9. The van der Waals surface area contributed by atoms with Crippen molar-refractivity contribution in [3.63, 3.8) is 0 Å². The van der Waals surface area contributed by atoms with E-state index in [4.69, 9.17) is 4.74 Å². The Bertz CT molecular complexity index is 3470. The third-order valence-electron chi connectivity index (χ3n) is 20.1. The summed E-state index contributed by atoms with van der Waals surface area (Å²) in [6.45, 7) is 11.0. The minimum Gasteiger partial charge on any atom is -0.480 e. The molecule has 1 unspecified atom stereocenters. The van der Waals surface area contributed by atoms with Crippen molar-refractivity contribution in [2.45, 2.75) is 146 Å². The second-order valence-corrected chi connectivity index (χ2v) is 28.2. The highest BCUT2D eigenvalue weighted by molar-refractivity contribution is 14.1. The highest BCUT2D eigenvalue weighted by Gasteiger charge is 2.51. The van der Waals surface area contributed by atoms with E-state index in [2.05, 4.69) is 119 Å². The number of likely N-dealkylation sites (tertiary alicyclic amines) is 3. The van der Waals surface area contributed by atoms with E-state index in [1.165, 1.54) is 5.56 Å². The fourth-order valence-electron chi connectivity index (χ4n) is 14.5. The minimum absolute atomic E-state index is 0.0178. The van der Waals surface area contributed by atoms with Crippen LogP contribution < -0.4 is 16.0 Å². The first-order valence-electron chi connectivity index (χ1n) is 34.6. The number of halogens is 3. The summed E-state index contributed by atoms with van der Waals surface area (Å²) in [5.41, 5.74) is 6.97. The molecule has 0 radical (unpaired) electrons. The molecule has 4 aromatic rings. The first-order valence-corrected chi connectivity index (χ1v) is 35.6. The van der Waals surface area contributed by atoms with Gasteiger partial charge in [-0.2, -0.15) is 5.26 Å². The van der Waals surface area contributed by atoms with Gasteiger partial charge in [-0.25, -0.2) is 13.5 Å². The van der Waals surface area contributed by atoms with Gasteiger partial charge in [-0.15, -0.1) is 5.10 Å². The van der Waals surface area contributed by atoms with E-state index in [1.54, 1.807) is 15.7 Å². The Hall–Kier alpha value is -7.56. The van der Waals surface area contributed by atoms with Crippen molar-refractivity contribution in [2.24, 2.45) is 5.92 Å². The predicted octanol–water partition coefficient (Wildman–Crippen LogP) is 3.95. The number of carboxylic acid groups (broad SMARTS) is 1. The number of likely N-dealkylation sites (N-methyl/N-ethyl adjacent to an activating group) is 1. The van der Waals surface area contributed by atoms with Gasteiger partial charge >= 0.3 is 5.97 Å². The van der Waals surface area contributed by atoms with Crippen molar-refractivity contribution in [1.82, 2.24) is 70.1 Å². The van der Waals surface area contributed by atoms with E-state index in [9.17, 15) is 57.5 Å². The summed E-state index contributed by atoms with van der Waals surface area (Å²) in [6, 6.07) is 21.6. The van der Waals surface area contributed by atoms with Gasteiger partial charge in [0.25, 0.3) is 12.4 Å². The number of fused-ring (bicyclic) bond motifs is 3. The Morgan fingerprint density at radius 3 is 2.22 bits per heavy atom. The lowest BCUT2D eigenvalue weighted by Gasteiger charge is -2.36. The van der Waals surface area contributed by atoms with E-state index < -0.39 is 60.7 Å². The van der Waals surface area contributed by atoms with E-state index in [0.29, 0.717) is 124 Å². The van der Waals surface area contributed by atoms with Crippen LogP contribution in [0.4, 0.5) is 8.78 Å². The maximum absolute atomic E-state index is 14.5. The molecule has 98 heavy (non-hydrogen) atoms. The Morgan fingerprint density at radius 1 is 0.827 bits per heavy atom. The molecule has 25 nitrogen and oxygen atoms in total. The lowest BCUT2D eigenvalue weighted by Crippen LogP contribution is -2.55. The number of amides is 6. The summed E-state index contributed by atoms with van der Waals surface area (Å²) in [6.07, 6.45) is 8.21. The average Bonchev–Trinajstić information content (AvgIpc) is 1.65. The molecule has 0 spiro atoms. The number of nitrogens with zero attached hydrogens (tertiary/aromatic N) is 12. The number of aryl methyl sites for hydroxylation is 2. The van der Waals surface area contributed by atoms with Crippen LogP contribution in [0.25, 0.3) is 11.3 Å². The number of carbonyl (C=O) groups is 8. The summed E-state index contributed by atoms with van der Waals surface area (Å²) in [5.74, 6) is -6.67. The fraction of sp³-hybridized carbons (Fsp3) is 0.586. The number of carboxylic acids is 1. The summed E-state index contributed by atoms with van der Waals surface area (Å²) < 4.78 is 36.2. The van der Waals surface area contributed by atoms with Crippen LogP contribution in [-0.2, 0) is 75.6 Å². The molecule has 4 N–H and O–H groups in total. The number of unbranched alkanes of at least 4 members (excludes halogenated alkanes) is 2. The van der Waals surface area contributed by atoms with Gasteiger partial charge < -0.3 is 45.4 Å². The monoisotopic (exact) mass is 1470 g/mol. The van der Waals surface area contributed by atoms with Crippen molar-refractivity contribution in [2.75, 3.05) is 111 Å². The van der Waals surface area contributed by atoms with Gasteiger partial charge in [0.15, 0.2) is 0 Å². The Balaban J connectivity index is 0.651. The third-order valence-corrected chi connectivity index (χ3v) is 20.8. The number of alkyl halides is 2. The summed E-state index contributed by atoms with van der Waals surface area (Å²) in [7, 11) is 0. The summed E-state index contributed by atoms with van der Waals surface area (Å²) >= 11 is 2.28. The standard InChI is InChI=1S/C70H92F2IN15O10/c1-2-80-25-27-81(29-31-83(47-98-48-89)32-30-82(28-26-80)45-66(93)94)44-64(91)75-23-5-3-13-60(76-63(90)14-7-10-50-17-21-55(73)22-18-50)68(96)87-41-56-35-57(87)40-84(56)24-6-4-9-49-15-19-51(20-16-49)62-43-86(79-78-62)39-53-12-8-11-52-38-85(42-59(52)53)65(92)34-54-33-61(77-67(54)95)69(97)88-46-70(71,72)36-58(88)37-74/h8,11-12,15-22,43,48,54,56-58,60-61H,2-7,9-10,13-14,23-36,38-42,44-47H2,1H3,(H,75,91)(H,76,90)(H,77,95)(H,93,94)/t54-,56-,57-,58-,60?,61-/m0/s1. The number of aromatic nitrogens is 3. The van der Waals surface area contributed by atoms with Crippen LogP contribution in [0.1, 0.15) is 105 Å². The topological polar surface area (TPSA) is 283 Å². The predicted molar refractivity (Wildman–Crippen MR) is 366 cm³/mol. The van der Waals surface area contributed by atoms with Crippen LogP contribution in [0.3, 0.4) is 0 Å². The van der Waals surface area contributed by atoms with Crippen LogP contribution in [0.5, 0.6) is 0 Å². The number of nitriles is 1. The van der Waals surface area contributed by atoms with Gasteiger partial charge in [-0.3, -0.25) is 58.0 Å². The number of hydrogen-bond donors (Lipinski definition) is 4. The quantitative estimate of drug-likeness (QED) is 0.0327. The number of aliphatic carboxylic acids is 1. The van der Waals surface area contributed by atoms with Crippen LogP contribution in [0.15, 0.2) is 72.9 Å². The molecule has 6 amide bonds. The molecular weight excluding hydrogens is 1380 g/mol. The van der Waals surface area contributed by atoms with Crippen LogP contribution in [-0.4, -0.2) is 255 Å². The van der Waals surface area contributed by atoms with E-state index in [-0.39, 0.29) is 68.4 Å². The number of ether oxygens (including phenoxy) is 1. The van der Waals surface area contributed by atoms with Gasteiger partial charge in [0, 0.05) is 131 Å². The molecule has 5 fully saturated rings. The maximum Gasteiger partial charge on any atom is 0.317 e. The number of nitrogens with one attached hydrogen (secondary N) is 3. The SMILES string of the molecule is CCN1CCN(CC(=O)O)CCN(COC=O)CCN(CC(=O)NCCCCC(NC(=O)CCCc2ccc(I)cc2)C(=O)N2C[C@@H]3C[C@H]2CN3CCCCc2ccc(-c3cn(Cc4cccc5c4CN(C(=O)C[C@@H]4C[C@@H](C(=O)N6CC(F)(F)C[C@H]6C#N)NC4=O)C5)nn3)cc2)CC1. The smallest absolute Gasteiger partial charge is 0.317 e. The Labute approximate surface area is 585 Å². The number of piperazine rings is 1. The molecule has 0 aliphatic carbocycles. The van der Waals surface area contributed by atoms with Gasteiger partial charge in [-0.1, -0.05) is 66.7 Å². The second-order valence-electron chi connectivity index (χ2n) is 27.0. The Kier molecular flexibility index (Phi) is 26.1. The molecule has 10 rings (SSSR count). The Morgan fingerprint density at radius 2 is 1.53 bits per heavy atom. The second kappa shape index (κ2) is 35.0. The molecule has 6 aliphatic rings. The largest absolute Gasteiger partial charge is 0.480 e. The number of benzene rings is 3. The highest BCUT2D eigenvalue weighted by atomic mass is 127. The zero-order chi connectivity index (χ0) is 69.3. The molecular formula is C70H92F2IN15O10. The van der Waals surface area contributed by atoms with Crippen molar-refractivity contribution in [1.29, 1.82) is 5.26 Å². The van der Waals surface area contributed by atoms with Gasteiger partial charge in [-0.05, 0) is 140 Å². The first kappa shape index (κ1) is 73.2. The van der Waals surface area contributed by atoms with Crippen LogP contribution >= 0.6 is 22.6 Å². The lowest BCUT2D eigenvalue weighted by atomic mass is 9.99. The number of hydrogen-bond acceptors (Lipinski definition) is 17. The molecule has 7 heterocycles. The molecule has 6 atom stereocenters. The van der Waals surface area contributed by atoms with Crippen molar-refractivity contribution >= 4 is 70.5 Å². The maximum atomic E-state index is 14.5. The normalized spacial score (nSPS) is 22.0. The molecule has 0 saturated carbocycles. The van der Waals surface area contributed by atoms with Crippen molar-refractivity contribution in [3.05, 3.63) is 104 Å². The van der Waals surface area contributed by atoms with E-state index >= 15 is 0 Å². The summed E-state index contributed by atoms with van der Waals surface area (Å²) in [5, 5.41) is 36.6. The number of carbonyl (C=O) groups excluding carboxylic acids is 7. The molecule has 28 heteroatoms. The van der Waals surface area contributed by atoms with Crippen LogP contribution in [0, 0.1) is 20.8 Å².